The Kier molecular flexibility index (Phi) is 8.75. The van der Waals surface area contributed by atoms with E-state index in [1.165, 1.54) is 7.11 Å². The summed E-state index contributed by atoms with van der Waals surface area (Å²) in [5.41, 5.74) is 0.808. The van der Waals surface area contributed by atoms with E-state index in [-0.39, 0.29) is 30.8 Å². The van der Waals surface area contributed by atoms with Gasteiger partial charge in [0.2, 0.25) is 0 Å². The van der Waals surface area contributed by atoms with Gasteiger partial charge in [-0.3, -0.25) is 9.59 Å². The summed E-state index contributed by atoms with van der Waals surface area (Å²) in [6, 6.07) is 3.22. The van der Waals surface area contributed by atoms with Crippen LogP contribution in [-0.4, -0.2) is 30.7 Å². The van der Waals surface area contributed by atoms with Crippen LogP contribution in [0.1, 0.15) is 38.2 Å². The van der Waals surface area contributed by atoms with E-state index in [1.54, 1.807) is 12.1 Å². The average Bonchev–Trinajstić information content (AvgIpc) is 2.52. The van der Waals surface area contributed by atoms with E-state index in [2.05, 4.69) is 34.8 Å². The fourth-order valence-electron chi connectivity index (χ4n) is 1.87. The molecule has 1 aromatic rings. The smallest absolute Gasteiger partial charge is 0.306 e. The standard InChI is InChI=1S/C16H22INO5/c1-3-4-5-6-16(21)23-10-15(20)18-9-11-7-14(22-2)13(19)8-12(11)17/h7-8,19H,3-6,9-10H2,1-2H3,(H,18,20). The lowest BCUT2D eigenvalue weighted by atomic mass is 10.2. The van der Waals surface area contributed by atoms with Gasteiger partial charge in [0.1, 0.15) is 0 Å². The first kappa shape index (κ1) is 19.5. The fraction of sp³-hybridized carbons (Fsp3) is 0.500. The van der Waals surface area contributed by atoms with Crippen LogP contribution in [0.3, 0.4) is 0 Å². The summed E-state index contributed by atoms with van der Waals surface area (Å²) < 4.78 is 10.8. The lowest BCUT2D eigenvalue weighted by Crippen LogP contribution is -2.28. The fourth-order valence-corrected chi connectivity index (χ4v) is 2.51. The number of methoxy groups -OCH3 is 1. The van der Waals surface area contributed by atoms with E-state index >= 15 is 0 Å². The molecular weight excluding hydrogens is 413 g/mol. The zero-order valence-electron chi connectivity index (χ0n) is 13.4. The van der Waals surface area contributed by atoms with Gasteiger partial charge < -0.3 is 19.9 Å². The summed E-state index contributed by atoms with van der Waals surface area (Å²) in [7, 11) is 1.46. The number of amides is 1. The molecule has 6 nitrogen and oxygen atoms in total. The van der Waals surface area contributed by atoms with Crippen LogP contribution in [0.4, 0.5) is 0 Å². The second-order valence-electron chi connectivity index (χ2n) is 5.01. The van der Waals surface area contributed by atoms with E-state index in [9.17, 15) is 14.7 Å². The van der Waals surface area contributed by atoms with Crippen LogP contribution >= 0.6 is 22.6 Å². The van der Waals surface area contributed by atoms with Crippen LogP contribution in [-0.2, 0) is 20.9 Å². The highest BCUT2D eigenvalue weighted by atomic mass is 127. The topological polar surface area (TPSA) is 84.9 Å². The van der Waals surface area contributed by atoms with E-state index in [1.807, 2.05) is 0 Å². The minimum atomic E-state index is -0.364. The van der Waals surface area contributed by atoms with Crippen LogP contribution in [0, 0.1) is 3.57 Å². The molecule has 0 bridgehead atoms. The van der Waals surface area contributed by atoms with E-state index in [0.29, 0.717) is 12.2 Å². The Morgan fingerprint density at radius 2 is 2.04 bits per heavy atom. The highest BCUT2D eigenvalue weighted by molar-refractivity contribution is 14.1. The zero-order valence-corrected chi connectivity index (χ0v) is 15.5. The minimum Gasteiger partial charge on any atom is -0.504 e. The summed E-state index contributed by atoms with van der Waals surface area (Å²) in [4.78, 5) is 23.1. The maximum absolute atomic E-state index is 11.7. The van der Waals surface area contributed by atoms with Crippen molar-refractivity contribution in [1.82, 2.24) is 5.32 Å². The maximum Gasteiger partial charge on any atom is 0.306 e. The van der Waals surface area contributed by atoms with Gasteiger partial charge in [0.15, 0.2) is 18.1 Å². The third-order valence-corrected chi connectivity index (χ3v) is 4.18. The molecule has 128 valence electrons. The van der Waals surface area contributed by atoms with Gasteiger partial charge in [-0.1, -0.05) is 19.8 Å². The summed E-state index contributed by atoms with van der Waals surface area (Å²) >= 11 is 2.06. The largest absolute Gasteiger partial charge is 0.504 e. The summed E-state index contributed by atoms with van der Waals surface area (Å²) in [5.74, 6) is -0.323. The first-order valence-corrected chi connectivity index (χ1v) is 8.53. The second-order valence-corrected chi connectivity index (χ2v) is 6.17. The number of nitrogens with one attached hydrogen (secondary N) is 1. The molecular formula is C16H22INO5. The molecule has 0 atom stereocenters. The van der Waals surface area contributed by atoms with Gasteiger partial charge in [0.05, 0.1) is 7.11 Å². The summed E-state index contributed by atoms with van der Waals surface area (Å²) in [6.45, 7) is 2.04. The highest BCUT2D eigenvalue weighted by Crippen LogP contribution is 2.30. The maximum atomic E-state index is 11.7. The Morgan fingerprint density at radius 1 is 1.30 bits per heavy atom. The number of phenols is 1. The number of halogens is 1. The molecule has 0 heterocycles. The van der Waals surface area contributed by atoms with Crippen molar-refractivity contribution in [3.63, 3.8) is 0 Å². The number of hydrogen-bond donors (Lipinski definition) is 2. The number of benzene rings is 1. The Bertz CT molecular complexity index is 548. The number of aromatic hydroxyl groups is 1. The average molecular weight is 435 g/mol. The van der Waals surface area contributed by atoms with E-state index in [0.717, 1.165) is 28.4 Å². The number of ether oxygens (including phenoxy) is 2. The van der Waals surface area contributed by atoms with Crippen molar-refractivity contribution >= 4 is 34.5 Å². The normalized spacial score (nSPS) is 10.2. The molecule has 0 radical (unpaired) electrons. The van der Waals surface area contributed by atoms with Gasteiger partial charge in [-0.15, -0.1) is 0 Å². The Morgan fingerprint density at radius 3 is 2.70 bits per heavy atom. The molecule has 0 aliphatic heterocycles. The minimum absolute atomic E-state index is 0.0491. The van der Waals surface area contributed by atoms with Gasteiger partial charge in [0, 0.05) is 16.5 Å². The van der Waals surface area contributed by atoms with Crippen LogP contribution in [0.15, 0.2) is 12.1 Å². The zero-order chi connectivity index (χ0) is 17.2. The van der Waals surface area contributed by atoms with Crippen molar-refractivity contribution in [2.45, 2.75) is 39.2 Å². The molecule has 0 spiro atoms. The predicted molar refractivity (Wildman–Crippen MR) is 94.3 cm³/mol. The van der Waals surface area contributed by atoms with Gasteiger partial charge in [-0.25, -0.2) is 0 Å². The molecule has 0 unspecified atom stereocenters. The Labute approximate surface area is 149 Å². The van der Waals surface area contributed by atoms with Crippen molar-refractivity contribution in [2.75, 3.05) is 13.7 Å². The molecule has 0 saturated carbocycles. The lowest BCUT2D eigenvalue weighted by Gasteiger charge is -2.11. The molecule has 0 aromatic heterocycles. The van der Waals surface area contributed by atoms with Gasteiger partial charge in [-0.05, 0) is 46.7 Å². The lowest BCUT2D eigenvalue weighted by molar-refractivity contribution is -0.148. The van der Waals surface area contributed by atoms with Crippen molar-refractivity contribution < 1.29 is 24.2 Å². The van der Waals surface area contributed by atoms with Crippen molar-refractivity contribution in [1.29, 1.82) is 0 Å². The number of carbonyl (C=O) groups excluding carboxylic acids is 2. The number of hydrogen-bond acceptors (Lipinski definition) is 5. The molecule has 0 aliphatic carbocycles. The van der Waals surface area contributed by atoms with Crippen molar-refractivity contribution in [3.8, 4) is 11.5 Å². The third kappa shape index (κ3) is 7.06. The SMILES string of the molecule is CCCCCC(=O)OCC(=O)NCc1cc(OC)c(O)cc1I. The van der Waals surface area contributed by atoms with Crippen molar-refractivity contribution in [2.24, 2.45) is 0 Å². The van der Waals surface area contributed by atoms with Gasteiger partial charge in [-0.2, -0.15) is 0 Å². The molecule has 7 heteroatoms. The Balaban J connectivity index is 2.40. The first-order chi connectivity index (χ1) is 11.0. The van der Waals surface area contributed by atoms with Gasteiger partial charge in [0.25, 0.3) is 5.91 Å². The van der Waals surface area contributed by atoms with Crippen molar-refractivity contribution in [3.05, 3.63) is 21.3 Å². The third-order valence-electron chi connectivity index (χ3n) is 3.17. The number of esters is 1. The van der Waals surface area contributed by atoms with Crippen LogP contribution in [0.5, 0.6) is 11.5 Å². The van der Waals surface area contributed by atoms with Crippen LogP contribution < -0.4 is 10.1 Å². The number of rotatable bonds is 9. The van der Waals surface area contributed by atoms with Gasteiger partial charge >= 0.3 is 5.97 Å². The number of unbranched alkanes of at least 4 members (excludes halogenated alkanes) is 2. The summed E-state index contributed by atoms with van der Waals surface area (Å²) in [6.07, 6.45) is 3.13. The van der Waals surface area contributed by atoms with Crippen LogP contribution in [0.25, 0.3) is 0 Å². The molecule has 0 fully saturated rings. The quantitative estimate of drug-likeness (QED) is 0.354. The summed E-state index contributed by atoms with van der Waals surface area (Å²) in [5, 5.41) is 12.3. The number of phenolic OH excluding ortho intramolecular Hbond substituents is 1. The molecule has 1 aromatic carbocycles. The van der Waals surface area contributed by atoms with Crippen LogP contribution in [0.2, 0.25) is 0 Å². The molecule has 0 aliphatic rings. The monoisotopic (exact) mass is 435 g/mol. The molecule has 1 amide bonds. The Hall–Kier alpha value is -1.51. The first-order valence-electron chi connectivity index (χ1n) is 7.45. The molecule has 1 rings (SSSR count). The predicted octanol–water partition coefficient (Wildman–Crippen LogP) is 2.75. The highest BCUT2D eigenvalue weighted by Gasteiger charge is 2.11. The molecule has 2 N–H and O–H groups in total. The second kappa shape index (κ2) is 10.3. The molecule has 23 heavy (non-hydrogen) atoms. The number of carbonyl (C=O) groups is 2. The van der Waals surface area contributed by atoms with E-state index < -0.39 is 0 Å². The van der Waals surface area contributed by atoms with E-state index in [4.69, 9.17) is 9.47 Å². The molecule has 0 saturated heterocycles.